The first kappa shape index (κ1) is 12.7. The Labute approximate surface area is 92.4 Å². The lowest BCUT2D eigenvalue weighted by Gasteiger charge is -2.11. The summed E-state index contributed by atoms with van der Waals surface area (Å²) in [4.78, 5) is 23.2. The number of nitrogens with zero attached hydrogens (tertiary/aromatic N) is 2. The number of aromatic nitrogens is 2. The van der Waals surface area contributed by atoms with Crippen LogP contribution in [0.1, 0.15) is 13.3 Å². The number of hydrogen-bond acceptors (Lipinski definition) is 4. The average molecular weight is 228 g/mol. The summed E-state index contributed by atoms with van der Waals surface area (Å²) in [6, 6.07) is 1.28. The highest BCUT2D eigenvalue weighted by molar-refractivity contribution is 4.86. The second-order valence-electron chi connectivity index (χ2n) is 3.58. The Balaban J connectivity index is 3.11. The largest absolute Gasteiger partial charge is 0.394 e. The van der Waals surface area contributed by atoms with Gasteiger partial charge in [-0.25, -0.2) is 4.79 Å². The van der Waals surface area contributed by atoms with E-state index >= 15 is 0 Å². The van der Waals surface area contributed by atoms with Crippen LogP contribution < -0.4 is 11.2 Å². The number of hydrogen-bond donors (Lipinski definition) is 2. The van der Waals surface area contributed by atoms with Gasteiger partial charge in [0.05, 0.1) is 19.3 Å². The Bertz CT molecular complexity index is 449. The van der Waals surface area contributed by atoms with Gasteiger partial charge in [0, 0.05) is 18.8 Å². The van der Waals surface area contributed by atoms with Gasteiger partial charge < -0.3 is 14.8 Å². The van der Waals surface area contributed by atoms with Crippen LogP contribution in [-0.2, 0) is 13.1 Å². The summed E-state index contributed by atoms with van der Waals surface area (Å²) < 4.78 is 2.34. The SMILES string of the molecule is CCCn1ccc(=O)n(CC(O)CO)c1=O. The van der Waals surface area contributed by atoms with Gasteiger partial charge in [-0.05, 0) is 6.42 Å². The molecule has 0 aliphatic carbocycles. The lowest BCUT2D eigenvalue weighted by Crippen LogP contribution is -2.42. The van der Waals surface area contributed by atoms with Crippen molar-refractivity contribution in [2.24, 2.45) is 0 Å². The maximum atomic E-state index is 11.8. The van der Waals surface area contributed by atoms with Crippen LogP contribution in [0.15, 0.2) is 21.9 Å². The van der Waals surface area contributed by atoms with Gasteiger partial charge in [-0.15, -0.1) is 0 Å². The minimum absolute atomic E-state index is 0.182. The molecule has 6 nitrogen and oxygen atoms in total. The Morgan fingerprint density at radius 1 is 1.44 bits per heavy atom. The summed E-state index contributed by atoms with van der Waals surface area (Å²) in [6.45, 7) is 1.78. The van der Waals surface area contributed by atoms with Crippen LogP contribution in [0.5, 0.6) is 0 Å². The highest BCUT2D eigenvalue weighted by Gasteiger charge is 2.09. The van der Waals surface area contributed by atoms with Gasteiger partial charge in [-0.3, -0.25) is 9.36 Å². The minimum atomic E-state index is -1.09. The normalized spacial score (nSPS) is 12.7. The molecule has 1 aromatic heterocycles. The Morgan fingerprint density at radius 3 is 2.69 bits per heavy atom. The van der Waals surface area contributed by atoms with Crippen molar-refractivity contribution >= 4 is 0 Å². The number of aliphatic hydroxyl groups is 2. The van der Waals surface area contributed by atoms with Crippen molar-refractivity contribution in [2.75, 3.05) is 6.61 Å². The van der Waals surface area contributed by atoms with Crippen LogP contribution in [0.2, 0.25) is 0 Å². The first-order valence-corrected chi connectivity index (χ1v) is 5.19. The van der Waals surface area contributed by atoms with Crippen LogP contribution in [0.4, 0.5) is 0 Å². The van der Waals surface area contributed by atoms with Crippen LogP contribution >= 0.6 is 0 Å². The fraction of sp³-hybridized carbons (Fsp3) is 0.600. The summed E-state index contributed by atoms with van der Waals surface area (Å²) >= 11 is 0. The highest BCUT2D eigenvalue weighted by atomic mass is 16.3. The molecule has 1 aromatic rings. The molecule has 0 saturated heterocycles. The van der Waals surface area contributed by atoms with Crippen molar-refractivity contribution in [3.63, 3.8) is 0 Å². The number of aliphatic hydroxyl groups excluding tert-OH is 2. The van der Waals surface area contributed by atoms with Gasteiger partial charge in [0.15, 0.2) is 0 Å². The first-order valence-electron chi connectivity index (χ1n) is 5.19. The summed E-state index contributed by atoms with van der Waals surface area (Å²) in [5.41, 5.74) is -0.924. The van der Waals surface area contributed by atoms with E-state index in [0.717, 1.165) is 11.0 Å². The third kappa shape index (κ3) is 2.80. The Morgan fingerprint density at radius 2 is 2.12 bits per heavy atom. The number of aryl methyl sites for hydroxylation is 1. The van der Waals surface area contributed by atoms with Crippen LogP contribution in [0.25, 0.3) is 0 Å². The van der Waals surface area contributed by atoms with E-state index in [-0.39, 0.29) is 6.54 Å². The molecule has 0 aliphatic rings. The third-order valence-corrected chi connectivity index (χ3v) is 2.21. The van der Waals surface area contributed by atoms with Gasteiger partial charge in [0.25, 0.3) is 5.56 Å². The molecule has 0 bridgehead atoms. The van der Waals surface area contributed by atoms with Gasteiger partial charge in [0.1, 0.15) is 0 Å². The zero-order valence-corrected chi connectivity index (χ0v) is 9.17. The van der Waals surface area contributed by atoms with Crippen molar-refractivity contribution in [2.45, 2.75) is 32.5 Å². The molecule has 0 aromatic carbocycles. The monoisotopic (exact) mass is 228 g/mol. The summed E-state index contributed by atoms with van der Waals surface area (Å²) in [5, 5.41) is 17.9. The molecule has 0 saturated carbocycles. The zero-order chi connectivity index (χ0) is 12.1. The van der Waals surface area contributed by atoms with Gasteiger partial charge >= 0.3 is 5.69 Å². The molecule has 6 heteroatoms. The summed E-state index contributed by atoms with van der Waals surface area (Å²) in [7, 11) is 0. The molecule has 0 spiro atoms. The third-order valence-electron chi connectivity index (χ3n) is 2.21. The molecule has 90 valence electrons. The van der Waals surface area contributed by atoms with E-state index in [0.29, 0.717) is 6.54 Å². The Kier molecular flexibility index (Phi) is 4.45. The molecule has 0 radical (unpaired) electrons. The summed E-state index contributed by atoms with van der Waals surface area (Å²) in [6.07, 6.45) is 1.12. The lowest BCUT2D eigenvalue weighted by atomic mass is 10.3. The standard InChI is InChI=1S/C10H16N2O4/c1-2-4-11-5-3-9(15)12(10(11)16)6-8(14)7-13/h3,5,8,13-14H,2,4,6-7H2,1H3. The molecule has 1 heterocycles. The quantitative estimate of drug-likeness (QED) is 0.661. The maximum Gasteiger partial charge on any atom is 0.331 e. The second kappa shape index (κ2) is 5.62. The van der Waals surface area contributed by atoms with E-state index in [1.807, 2.05) is 6.92 Å². The summed E-state index contributed by atoms with van der Waals surface area (Å²) in [5.74, 6) is 0. The smallest absolute Gasteiger partial charge is 0.331 e. The van der Waals surface area contributed by atoms with Crippen molar-refractivity contribution < 1.29 is 10.2 Å². The van der Waals surface area contributed by atoms with Crippen molar-refractivity contribution in [1.29, 1.82) is 0 Å². The van der Waals surface area contributed by atoms with Gasteiger partial charge in [0.2, 0.25) is 0 Å². The molecule has 2 N–H and O–H groups in total. The van der Waals surface area contributed by atoms with E-state index in [4.69, 9.17) is 5.11 Å². The van der Waals surface area contributed by atoms with Crippen LogP contribution in [0.3, 0.4) is 0 Å². The van der Waals surface area contributed by atoms with E-state index < -0.39 is 24.0 Å². The molecule has 16 heavy (non-hydrogen) atoms. The fourth-order valence-electron chi connectivity index (χ4n) is 1.40. The second-order valence-corrected chi connectivity index (χ2v) is 3.58. The molecule has 0 aliphatic heterocycles. The fourth-order valence-corrected chi connectivity index (χ4v) is 1.40. The topological polar surface area (TPSA) is 84.5 Å². The lowest BCUT2D eigenvalue weighted by molar-refractivity contribution is 0.0788. The van der Waals surface area contributed by atoms with Gasteiger partial charge in [-0.1, -0.05) is 6.92 Å². The highest BCUT2D eigenvalue weighted by Crippen LogP contribution is 1.87. The molecule has 1 rings (SSSR count). The number of rotatable bonds is 5. The van der Waals surface area contributed by atoms with Crippen LogP contribution in [-0.4, -0.2) is 32.1 Å². The maximum absolute atomic E-state index is 11.8. The zero-order valence-electron chi connectivity index (χ0n) is 9.17. The van der Waals surface area contributed by atoms with E-state index in [1.165, 1.54) is 16.8 Å². The Hall–Kier alpha value is -1.40. The van der Waals surface area contributed by atoms with Crippen LogP contribution in [0, 0.1) is 0 Å². The predicted molar refractivity (Wildman–Crippen MR) is 58.3 cm³/mol. The molecule has 1 unspecified atom stereocenters. The first-order chi connectivity index (χ1) is 7.60. The van der Waals surface area contributed by atoms with Crippen molar-refractivity contribution in [1.82, 2.24) is 9.13 Å². The van der Waals surface area contributed by atoms with E-state index in [9.17, 15) is 14.7 Å². The van der Waals surface area contributed by atoms with E-state index in [2.05, 4.69) is 0 Å². The molecule has 1 atom stereocenters. The van der Waals surface area contributed by atoms with E-state index in [1.54, 1.807) is 0 Å². The van der Waals surface area contributed by atoms with Crippen molar-refractivity contribution in [3.05, 3.63) is 33.1 Å². The molecule has 0 fully saturated rings. The average Bonchev–Trinajstić information content (AvgIpc) is 2.28. The predicted octanol–water partition coefficient (Wildman–Crippen LogP) is -1.23. The minimum Gasteiger partial charge on any atom is -0.394 e. The molecular weight excluding hydrogens is 212 g/mol. The van der Waals surface area contributed by atoms with Gasteiger partial charge in [-0.2, -0.15) is 0 Å². The van der Waals surface area contributed by atoms with Crippen molar-refractivity contribution in [3.8, 4) is 0 Å². The molecular formula is C10H16N2O4. The molecule has 0 amide bonds.